The van der Waals surface area contributed by atoms with Crippen LogP contribution in [0.2, 0.25) is 5.02 Å². The first-order valence-electron chi connectivity index (χ1n) is 12.4. The number of ether oxygens (including phenoxy) is 1. The van der Waals surface area contributed by atoms with Crippen LogP contribution in [0.4, 0.5) is 11.4 Å². The van der Waals surface area contributed by atoms with E-state index >= 15 is 0 Å². The van der Waals surface area contributed by atoms with E-state index in [1.807, 2.05) is 66.7 Å². The van der Waals surface area contributed by atoms with Gasteiger partial charge in [0.2, 0.25) is 0 Å². The smallest absolute Gasteiger partial charge is 0.267 e. The van der Waals surface area contributed by atoms with Crippen molar-refractivity contribution in [1.29, 1.82) is 0 Å². The largest absolute Gasteiger partial charge is 0.497 e. The lowest BCUT2D eigenvalue weighted by Crippen LogP contribution is -2.42. The maximum absolute atomic E-state index is 13.7. The third-order valence-electron chi connectivity index (χ3n) is 6.99. The molecule has 3 aromatic rings. The molecule has 2 aliphatic rings. The van der Waals surface area contributed by atoms with Crippen molar-refractivity contribution in [2.75, 3.05) is 19.1 Å². The van der Waals surface area contributed by atoms with Gasteiger partial charge in [0.05, 0.1) is 29.8 Å². The van der Waals surface area contributed by atoms with E-state index in [4.69, 9.17) is 21.3 Å². The van der Waals surface area contributed by atoms with Crippen LogP contribution in [0.15, 0.2) is 82.7 Å². The minimum Gasteiger partial charge on any atom is -0.497 e. The Kier molecular flexibility index (Phi) is 7.12. The Morgan fingerprint density at radius 3 is 2.47 bits per heavy atom. The molecule has 1 saturated heterocycles. The minimum absolute atomic E-state index is 0.0974. The molecule has 0 spiro atoms. The summed E-state index contributed by atoms with van der Waals surface area (Å²) in [7, 11) is 3.72. The lowest BCUT2D eigenvalue weighted by Gasteiger charge is -2.40. The molecule has 3 aromatic carbocycles. The molecule has 2 aliphatic heterocycles. The van der Waals surface area contributed by atoms with Crippen molar-refractivity contribution in [2.24, 2.45) is 4.99 Å². The van der Waals surface area contributed by atoms with E-state index in [-0.39, 0.29) is 11.4 Å². The fraction of sp³-hybridized carbons (Fsp3) is 0.226. The normalized spacial score (nSPS) is 18.7. The van der Waals surface area contributed by atoms with Crippen molar-refractivity contribution in [3.63, 3.8) is 0 Å². The summed E-state index contributed by atoms with van der Waals surface area (Å²) in [6.07, 6.45) is 4.15. The number of likely N-dealkylation sites (N-methyl/N-ethyl adjacent to an activating group) is 1. The number of para-hydroxylation sites is 1. The van der Waals surface area contributed by atoms with Gasteiger partial charge in [0.1, 0.15) is 5.75 Å². The number of amidine groups is 1. The van der Waals surface area contributed by atoms with Crippen LogP contribution in [0.1, 0.15) is 37.5 Å². The summed E-state index contributed by atoms with van der Waals surface area (Å²) in [6, 6.07) is 21.5. The highest BCUT2D eigenvalue weighted by molar-refractivity contribution is 8.18. The highest BCUT2D eigenvalue weighted by atomic mass is 35.5. The van der Waals surface area contributed by atoms with Crippen LogP contribution in [0.5, 0.6) is 5.75 Å². The highest BCUT2D eigenvalue weighted by Crippen LogP contribution is 2.42. The third-order valence-corrected chi connectivity index (χ3v) is 8.32. The Bertz CT molecular complexity index is 1480. The van der Waals surface area contributed by atoms with Crippen molar-refractivity contribution in [2.45, 2.75) is 32.9 Å². The van der Waals surface area contributed by atoms with Gasteiger partial charge in [0.15, 0.2) is 5.17 Å². The second kappa shape index (κ2) is 10.4. The summed E-state index contributed by atoms with van der Waals surface area (Å²) in [5.41, 5.74) is 5.88. The molecule has 0 radical (unpaired) electrons. The van der Waals surface area contributed by atoms with Gasteiger partial charge in [-0.3, -0.25) is 9.69 Å². The number of methoxy groups -OCH3 is 1. The number of rotatable bonds is 5. The van der Waals surface area contributed by atoms with E-state index in [0.717, 1.165) is 33.8 Å². The number of aliphatic imine (C=N–C) groups is 1. The molecule has 5 rings (SSSR count). The predicted molar refractivity (Wildman–Crippen MR) is 160 cm³/mol. The van der Waals surface area contributed by atoms with Crippen molar-refractivity contribution >= 4 is 57.5 Å². The Balaban J connectivity index is 1.53. The molecule has 0 N–H and O–H groups in total. The van der Waals surface area contributed by atoms with Gasteiger partial charge in [0, 0.05) is 23.3 Å². The number of nitrogens with zero attached hydrogens (tertiary/aromatic N) is 3. The van der Waals surface area contributed by atoms with Crippen LogP contribution in [0, 0.1) is 0 Å². The Labute approximate surface area is 233 Å². The van der Waals surface area contributed by atoms with Gasteiger partial charge in [-0.15, -0.1) is 0 Å². The monoisotopic (exact) mass is 543 g/mol. The van der Waals surface area contributed by atoms with E-state index in [2.05, 4.69) is 44.9 Å². The topological polar surface area (TPSA) is 45.1 Å². The molecule has 0 atom stereocenters. The molecule has 0 saturated carbocycles. The summed E-state index contributed by atoms with van der Waals surface area (Å²) < 4.78 is 5.28. The fourth-order valence-corrected chi connectivity index (χ4v) is 5.90. The quantitative estimate of drug-likeness (QED) is 0.308. The molecule has 0 bridgehead atoms. The van der Waals surface area contributed by atoms with Crippen LogP contribution in [-0.4, -0.2) is 35.7 Å². The molecule has 7 heteroatoms. The number of hydrogen-bond donors (Lipinski definition) is 0. The first-order valence-corrected chi connectivity index (χ1v) is 13.6. The Morgan fingerprint density at radius 2 is 1.79 bits per heavy atom. The average molecular weight is 544 g/mol. The molecule has 0 aliphatic carbocycles. The van der Waals surface area contributed by atoms with Crippen LogP contribution in [0.25, 0.3) is 11.6 Å². The number of thioether (sulfide) groups is 1. The summed E-state index contributed by atoms with van der Waals surface area (Å²) in [5, 5.41) is 1.24. The van der Waals surface area contributed by atoms with Gasteiger partial charge in [-0.25, -0.2) is 4.99 Å². The number of fused-ring (bicyclic) bond motifs is 1. The second-order valence-electron chi connectivity index (χ2n) is 10.0. The van der Waals surface area contributed by atoms with Gasteiger partial charge in [-0.2, -0.15) is 0 Å². The predicted octanol–water partition coefficient (Wildman–Crippen LogP) is 7.78. The zero-order chi connectivity index (χ0) is 27.0. The maximum atomic E-state index is 13.7. The summed E-state index contributed by atoms with van der Waals surface area (Å²) in [4.78, 5) is 23.1. The number of amides is 1. The van der Waals surface area contributed by atoms with Crippen LogP contribution in [-0.2, 0) is 11.3 Å². The van der Waals surface area contributed by atoms with Crippen molar-refractivity contribution in [3.05, 3.63) is 99.4 Å². The van der Waals surface area contributed by atoms with Crippen LogP contribution in [0.3, 0.4) is 0 Å². The molecular formula is C31H30ClN3O2S. The van der Waals surface area contributed by atoms with E-state index in [1.54, 1.807) is 12.0 Å². The Morgan fingerprint density at radius 1 is 1.08 bits per heavy atom. The lowest BCUT2D eigenvalue weighted by atomic mass is 9.88. The fourth-order valence-electron chi connectivity index (χ4n) is 4.70. The van der Waals surface area contributed by atoms with Crippen LogP contribution < -0.4 is 9.64 Å². The number of carbonyl (C=O) groups excluding carboxylic acids is 1. The average Bonchev–Trinajstić information content (AvgIpc) is 3.18. The highest BCUT2D eigenvalue weighted by Gasteiger charge is 2.34. The van der Waals surface area contributed by atoms with Crippen molar-refractivity contribution in [3.8, 4) is 5.75 Å². The van der Waals surface area contributed by atoms with Gasteiger partial charge in [-0.1, -0.05) is 48.0 Å². The third kappa shape index (κ3) is 5.11. The molecule has 0 aromatic heterocycles. The van der Waals surface area contributed by atoms with Crippen LogP contribution >= 0.6 is 23.4 Å². The molecule has 2 heterocycles. The molecule has 194 valence electrons. The number of anilines is 1. The molecule has 38 heavy (non-hydrogen) atoms. The number of halogens is 1. The van der Waals surface area contributed by atoms with Gasteiger partial charge in [-0.05, 0) is 91.7 Å². The Hall–Kier alpha value is -3.48. The number of carbonyl (C=O) groups is 1. The van der Waals surface area contributed by atoms with Crippen molar-refractivity contribution in [1.82, 2.24) is 4.90 Å². The standard InChI is InChI=1S/C31H30ClN3O2S/c1-20-18-31(2,3)34(4)27-17-26(32)22(15-25(20)27)16-28-29(36)35(19-21-11-13-24(37-5)14-12-21)30(38-28)33-23-9-7-6-8-10-23/h6-18H,19H2,1-5H3/b28-16+,33-30?. The zero-order valence-electron chi connectivity index (χ0n) is 22.2. The van der Waals surface area contributed by atoms with E-state index in [0.29, 0.717) is 21.6 Å². The van der Waals surface area contributed by atoms with Gasteiger partial charge < -0.3 is 9.64 Å². The summed E-state index contributed by atoms with van der Waals surface area (Å²) in [6.45, 7) is 6.89. The van der Waals surface area contributed by atoms with Gasteiger partial charge >= 0.3 is 0 Å². The molecule has 1 amide bonds. The van der Waals surface area contributed by atoms with E-state index in [1.165, 1.54) is 17.3 Å². The summed E-state index contributed by atoms with van der Waals surface area (Å²) in [5.74, 6) is 0.676. The lowest BCUT2D eigenvalue weighted by molar-refractivity contribution is -0.122. The van der Waals surface area contributed by atoms with Gasteiger partial charge in [0.25, 0.3) is 5.91 Å². The zero-order valence-corrected chi connectivity index (χ0v) is 23.7. The summed E-state index contributed by atoms with van der Waals surface area (Å²) >= 11 is 8.16. The molecule has 1 fully saturated rings. The van der Waals surface area contributed by atoms with E-state index < -0.39 is 0 Å². The van der Waals surface area contributed by atoms with E-state index in [9.17, 15) is 4.79 Å². The van der Waals surface area contributed by atoms with Crippen molar-refractivity contribution < 1.29 is 9.53 Å². The molecular weight excluding hydrogens is 514 g/mol. The first-order chi connectivity index (χ1) is 18.2. The first kappa shape index (κ1) is 26.1. The molecule has 0 unspecified atom stereocenters. The number of hydrogen-bond acceptors (Lipinski definition) is 5. The number of benzene rings is 3. The maximum Gasteiger partial charge on any atom is 0.267 e. The number of allylic oxidation sites excluding steroid dienone is 1. The SMILES string of the molecule is COc1ccc(CN2C(=O)/C(=C\c3cc4c(cc3Cl)N(C)C(C)(C)C=C4C)SC2=Nc2ccccc2)cc1. The molecule has 5 nitrogen and oxygen atoms in total. The minimum atomic E-state index is -0.109. The second-order valence-corrected chi connectivity index (χ2v) is 11.4.